The van der Waals surface area contributed by atoms with Gasteiger partial charge in [-0.1, -0.05) is 18.2 Å². The van der Waals surface area contributed by atoms with E-state index >= 15 is 0 Å². The van der Waals surface area contributed by atoms with E-state index in [9.17, 15) is 0 Å². The molecule has 2 aromatic carbocycles. The molecule has 20 heavy (non-hydrogen) atoms. The van der Waals surface area contributed by atoms with Gasteiger partial charge in [-0.3, -0.25) is 0 Å². The summed E-state index contributed by atoms with van der Waals surface area (Å²) < 4.78 is 5.72. The predicted octanol–water partition coefficient (Wildman–Crippen LogP) is 4.70. The summed E-state index contributed by atoms with van der Waals surface area (Å²) in [5, 5.41) is 3.47. The summed E-state index contributed by atoms with van der Waals surface area (Å²) in [6.45, 7) is 9.13. The van der Waals surface area contributed by atoms with Gasteiger partial charge in [0.15, 0.2) is 0 Å². The summed E-state index contributed by atoms with van der Waals surface area (Å²) in [6.07, 6.45) is 0.206. The summed E-state index contributed by atoms with van der Waals surface area (Å²) in [7, 11) is 0. The first-order valence-corrected chi connectivity index (χ1v) is 7.11. The molecule has 0 aliphatic rings. The summed E-state index contributed by atoms with van der Waals surface area (Å²) in [6, 6.07) is 14.8. The lowest BCUT2D eigenvalue weighted by molar-refractivity contribution is 0.242. The molecule has 0 aromatic heterocycles. The Labute approximate surface area is 121 Å². The minimum atomic E-state index is 0.206. The van der Waals surface area contributed by atoms with Gasteiger partial charge in [-0.25, -0.2) is 0 Å². The maximum absolute atomic E-state index is 5.72. The van der Waals surface area contributed by atoms with Crippen molar-refractivity contribution < 1.29 is 4.74 Å². The zero-order chi connectivity index (χ0) is 14.5. The number of aryl methyl sites for hydroxylation is 2. The Bertz CT molecular complexity index is 555. The summed E-state index contributed by atoms with van der Waals surface area (Å²) in [5.41, 5.74) is 4.95. The van der Waals surface area contributed by atoms with Crippen LogP contribution in [0.2, 0.25) is 0 Å². The van der Waals surface area contributed by atoms with Gasteiger partial charge < -0.3 is 10.1 Å². The van der Waals surface area contributed by atoms with E-state index in [1.54, 1.807) is 0 Å². The molecule has 0 saturated carbocycles. The molecule has 2 nitrogen and oxygen atoms in total. The lowest BCUT2D eigenvalue weighted by Crippen LogP contribution is -2.06. The van der Waals surface area contributed by atoms with E-state index in [1.807, 2.05) is 26.0 Å². The van der Waals surface area contributed by atoms with Crippen LogP contribution >= 0.6 is 0 Å². The highest BCUT2D eigenvalue weighted by molar-refractivity contribution is 5.49. The molecule has 0 radical (unpaired) electrons. The number of hydrogen-bond donors (Lipinski definition) is 1. The second kappa shape index (κ2) is 6.47. The van der Waals surface area contributed by atoms with Crippen molar-refractivity contribution in [1.29, 1.82) is 0 Å². The number of ether oxygens (including phenoxy) is 1. The highest BCUT2D eigenvalue weighted by atomic mass is 16.5. The third-order valence-corrected chi connectivity index (χ3v) is 2.99. The largest absolute Gasteiger partial charge is 0.491 e. The summed E-state index contributed by atoms with van der Waals surface area (Å²) in [4.78, 5) is 0. The molecule has 2 heteroatoms. The Hall–Kier alpha value is -1.96. The maximum atomic E-state index is 5.72. The number of benzene rings is 2. The average molecular weight is 269 g/mol. The van der Waals surface area contributed by atoms with Gasteiger partial charge in [-0.15, -0.1) is 0 Å². The van der Waals surface area contributed by atoms with Crippen molar-refractivity contribution in [3.63, 3.8) is 0 Å². The van der Waals surface area contributed by atoms with Crippen molar-refractivity contribution in [2.45, 2.75) is 40.3 Å². The van der Waals surface area contributed by atoms with E-state index in [4.69, 9.17) is 4.74 Å². The van der Waals surface area contributed by atoms with E-state index in [0.717, 1.165) is 18.0 Å². The fourth-order valence-corrected chi connectivity index (χ4v) is 2.28. The van der Waals surface area contributed by atoms with Crippen molar-refractivity contribution >= 4 is 5.69 Å². The van der Waals surface area contributed by atoms with Crippen molar-refractivity contribution in [3.8, 4) is 5.75 Å². The van der Waals surface area contributed by atoms with Crippen LogP contribution in [0, 0.1) is 13.8 Å². The lowest BCUT2D eigenvalue weighted by atomic mass is 10.1. The molecule has 0 aliphatic carbocycles. The first-order chi connectivity index (χ1) is 9.52. The summed E-state index contributed by atoms with van der Waals surface area (Å²) in [5.74, 6) is 0.930. The highest BCUT2D eigenvalue weighted by Crippen LogP contribution is 2.18. The minimum absolute atomic E-state index is 0.206. The molecule has 0 fully saturated rings. The molecule has 0 heterocycles. The van der Waals surface area contributed by atoms with Gasteiger partial charge in [0.1, 0.15) is 5.75 Å². The van der Waals surface area contributed by atoms with E-state index in [1.165, 1.54) is 16.7 Å². The molecular weight excluding hydrogens is 246 g/mol. The quantitative estimate of drug-likeness (QED) is 0.849. The van der Waals surface area contributed by atoms with Gasteiger partial charge in [-0.05, 0) is 68.7 Å². The van der Waals surface area contributed by atoms with Crippen LogP contribution < -0.4 is 10.1 Å². The highest BCUT2D eigenvalue weighted by Gasteiger charge is 2.00. The third-order valence-electron chi connectivity index (χ3n) is 2.99. The van der Waals surface area contributed by atoms with Crippen molar-refractivity contribution in [2.75, 3.05) is 5.32 Å². The van der Waals surface area contributed by atoms with Crippen molar-refractivity contribution in [1.82, 2.24) is 0 Å². The van der Waals surface area contributed by atoms with Gasteiger partial charge in [0.05, 0.1) is 6.10 Å². The fraction of sp³-hybridized carbons (Fsp3) is 0.333. The van der Waals surface area contributed by atoms with Gasteiger partial charge in [0.25, 0.3) is 0 Å². The Kier molecular flexibility index (Phi) is 4.67. The molecule has 0 saturated heterocycles. The van der Waals surface area contributed by atoms with Crippen LogP contribution in [0.4, 0.5) is 5.69 Å². The average Bonchev–Trinajstić information content (AvgIpc) is 2.35. The molecule has 0 spiro atoms. The van der Waals surface area contributed by atoms with Crippen molar-refractivity contribution in [2.24, 2.45) is 0 Å². The predicted molar refractivity (Wildman–Crippen MR) is 85.4 cm³/mol. The minimum Gasteiger partial charge on any atom is -0.491 e. The van der Waals surface area contributed by atoms with Gasteiger partial charge in [-0.2, -0.15) is 0 Å². The number of hydrogen-bond acceptors (Lipinski definition) is 2. The standard InChI is InChI=1S/C18H23NO/c1-13(2)20-18-7-5-6-16(11-18)12-19-17-9-14(3)8-15(4)10-17/h5-11,13,19H,12H2,1-4H3. The van der Waals surface area contributed by atoms with E-state index in [2.05, 4.69) is 49.5 Å². The molecule has 106 valence electrons. The SMILES string of the molecule is Cc1cc(C)cc(NCc2cccc(OC(C)C)c2)c1. The molecule has 0 bridgehead atoms. The fourth-order valence-electron chi connectivity index (χ4n) is 2.28. The van der Waals surface area contributed by atoms with Crippen LogP contribution in [0.15, 0.2) is 42.5 Å². The Morgan fingerprint density at radius 2 is 1.70 bits per heavy atom. The monoisotopic (exact) mass is 269 g/mol. The van der Waals surface area contributed by atoms with Crippen LogP contribution in [-0.4, -0.2) is 6.10 Å². The van der Waals surface area contributed by atoms with E-state index < -0.39 is 0 Å². The molecule has 0 atom stereocenters. The molecule has 0 aliphatic heterocycles. The van der Waals surface area contributed by atoms with Gasteiger partial charge in [0.2, 0.25) is 0 Å². The topological polar surface area (TPSA) is 21.3 Å². The molecule has 2 rings (SSSR count). The van der Waals surface area contributed by atoms with Crippen LogP contribution in [-0.2, 0) is 6.54 Å². The Balaban J connectivity index is 2.03. The molecule has 2 aromatic rings. The van der Waals surface area contributed by atoms with Crippen molar-refractivity contribution in [3.05, 3.63) is 59.2 Å². The Morgan fingerprint density at radius 3 is 2.35 bits per heavy atom. The van der Waals surface area contributed by atoms with Crippen LogP contribution in [0.1, 0.15) is 30.5 Å². The maximum Gasteiger partial charge on any atom is 0.120 e. The number of rotatable bonds is 5. The second-order valence-electron chi connectivity index (χ2n) is 5.54. The molecule has 0 amide bonds. The number of anilines is 1. The van der Waals surface area contributed by atoms with E-state index in [-0.39, 0.29) is 6.10 Å². The molecule has 1 N–H and O–H groups in total. The molecular formula is C18H23NO. The first kappa shape index (κ1) is 14.4. The van der Waals surface area contributed by atoms with E-state index in [0.29, 0.717) is 0 Å². The van der Waals surface area contributed by atoms with Gasteiger partial charge >= 0.3 is 0 Å². The zero-order valence-corrected chi connectivity index (χ0v) is 12.7. The zero-order valence-electron chi connectivity index (χ0n) is 12.7. The van der Waals surface area contributed by atoms with Crippen LogP contribution in [0.5, 0.6) is 5.75 Å². The number of nitrogens with one attached hydrogen (secondary N) is 1. The summed E-state index contributed by atoms with van der Waals surface area (Å²) >= 11 is 0. The molecule has 0 unspecified atom stereocenters. The second-order valence-corrected chi connectivity index (χ2v) is 5.54. The normalized spacial score (nSPS) is 10.7. The lowest BCUT2D eigenvalue weighted by Gasteiger charge is -2.12. The van der Waals surface area contributed by atoms with Crippen LogP contribution in [0.3, 0.4) is 0 Å². The van der Waals surface area contributed by atoms with Gasteiger partial charge in [0, 0.05) is 12.2 Å². The Morgan fingerprint density at radius 1 is 1.00 bits per heavy atom. The third kappa shape index (κ3) is 4.30. The first-order valence-electron chi connectivity index (χ1n) is 7.11. The smallest absolute Gasteiger partial charge is 0.120 e. The van der Waals surface area contributed by atoms with Crippen LogP contribution in [0.25, 0.3) is 0 Å².